The molecule has 0 aliphatic carbocycles. The number of aryl methyl sites for hydroxylation is 1. The van der Waals surface area contributed by atoms with Crippen molar-refractivity contribution in [1.29, 1.82) is 0 Å². The largest absolute Gasteiger partial charge is 0.479 e. The third kappa shape index (κ3) is 2.84. The first-order valence-corrected chi connectivity index (χ1v) is 6.76. The van der Waals surface area contributed by atoms with Gasteiger partial charge in [0.1, 0.15) is 0 Å². The predicted molar refractivity (Wildman–Crippen MR) is 67.2 cm³/mol. The molecule has 1 aliphatic rings. The van der Waals surface area contributed by atoms with E-state index in [2.05, 4.69) is 10.4 Å². The Balaban J connectivity index is 2.07. The average Bonchev–Trinajstić information content (AvgIpc) is 2.95. The third-order valence-electron chi connectivity index (χ3n) is 2.81. The van der Waals surface area contributed by atoms with Crippen LogP contribution in [0.5, 0.6) is 0 Å². The van der Waals surface area contributed by atoms with Crippen LogP contribution in [0, 0.1) is 0 Å². The van der Waals surface area contributed by atoms with Crippen molar-refractivity contribution in [2.75, 3.05) is 5.75 Å². The monoisotopic (exact) mass is 269 g/mol. The van der Waals surface area contributed by atoms with E-state index in [4.69, 9.17) is 5.11 Å². The third-order valence-corrected chi connectivity index (χ3v) is 4.19. The van der Waals surface area contributed by atoms with Crippen LogP contribution in [0.3, 0.4) is 0 Å². The zero-order chi connectivity index (χ0) is 13.1. The van der Waals surface area contributed by atoms with Gasteiger partial charge in [-0.05, 0) is 18.6 Å². The number of thioether (sulfide) groups is 1. The summed E-state index contributed by atoms with van der Waals surface area (Å²) in [5, 5.41) is 15.5. The molecule has 2 unspecified atom stereocenters. The lowest BCUT2D eigenvalue weighted by Gasteiger charge is -2.15. The van der Waals surface area contributed by atoms with Crippen molar-refractivity contribution < 1.29 is 14.7 Å². The van der Waals surface area contributed by atoms with Crippen molar-refractivity contribution >= 4 is 23.6 Å². The number of rotatable bonds is 4. The van der Waals surface area contributed by atoms with Crippen LogP contribution in [-0.4, -0.2) is 37.8 Å². The molecule has 0 bridgehead atoms. The van der Waals surface area contributed by atoms with Crippen molar-refractivity contribution in [1.82, 2.24) is 15.1 Å². The van der Waals surface area contributed by atoms with E-state index >= 15 is 0 Å². The van der Waals surface area contributed by atoms with Gasteiger partial charge in [-0.3, -0.25) is 9.48 Å². The maximum Gasteiger partial charge on any atom is 0.331 e. The standard InChI is InChI=1S/C11H15N3O3S/c1-14-6-7(5-12-14)9(11(16)17)13-10(15)8-3-2-4-18-8/h5-6,8-9H,2-4H2,1H3,(H,13,15)(H,16,17). The SMILES string of the molecule is Cn1cc(C(NC(=O)C2CCCS2)C(=O)O)cn1. The van der Waals surface area contributed by atoms with Crippen LogP contribution < -0.4 is 5.32 Å². The molecule has 6 nitrogen and oxygen atoms in total. The van der Waals surface area contributed by atoms with Gasteiger partial charge in [0.2, 0.25) is 5.91 Å². The Hall–Kier alpha value is -1.50. The van der Waals surface area contributed by atoms with E-state index in [1.165, 1.54) is 10.9 Å². The highest BCUT2D eigenvalue weighted by Crippen LogP contribution is 2.27. The molecular weight excluding hydrogens is 254 g/mol. The van der Waals surface area contributed by atoms with Crippen LogP contribution in [0.4, 0.5) is 0 Å². The summed E-state index contributed by atoms with van der Waals surface area (Å²) in [6, 6.07) is -1.02. The van der Waals surface area contributed by atoms with Gasteiger partial charge in [-0.1, -0.05) is 0 Å². The Morgan fingerprint density at radius 1 is 1.67 bits per heavy atom. The Bertz CT molecular complexity index is 454. The van der Waals surface area contributed by atoms with Crippen LogP contribution in [-0.2, 0) is 16.6 Å². The number of carbonyl (C=O) groups excluding carboxylic acids is 1. The minimum atomic E-state index is -1.07. The highest BCUT2D eigenvalue weighted by atomic mass is 32.2. The first-order chi connectivity index (χ1) is 8.58. The molecule has 0 aromatic carbocycles. The summed E-state index contributed by atoms with van der Waals surface area (Å²) in [7, 11) is 1.71. The minimum absolute atomic E-state index is 0.122. The van der Waals surface area contributed by atoms with Crippen molar-refractivity contribution in [3.8, 4) is 0 Å². The summed E-state index contributed by atoms with van der Waals surface area (Å²) in [5.74, 6) is -0.309. The smallest absolute Gasteiger partial charge is 0.331 e. The number of hydrogen-bond donors (Lipinski definition) is 2. The Morgan fingerprint density at radius 2 is 2.44 bits per heavy atom. The first kappa shape index (κ1) is 12.9. The van der Waals surface area contributed by atoms with Gasteiger partial charge < -0.3 is 10.4 Å². The number of amides is 1. The first-order valence-electron chi connectivity index (χ1n) is 5.71. The summed E-state index contributed by atoms with van der Waals surface area (Å²) in [4.78, 5) is 23.1. The second-order valence-electron chi connectivity index (χ2n) is 4.23. The quantitative estimate of drug-likeness (QED) is 0.834. The van der Waals surface area contributed by atoms with Crippen molar-refractivity contribution in [2.24, 2.45) is 7.05 Å². The maximum atomic E-state index is 11.9. The molecule has 2 N–H and O–H groups in total. The molecule has 18 heavy (non-hydrogen) atoms. The molecule has 98 valence electrons. The molecule has 2 atom stereocenters. The van der Waals surface area contributed by atoms with E-state index in [0.717, 1.165) is 18.6 Å². The molecule has 1 amide bonds. The average molecular weight is 269 g/mol. The number of carboxylic acid groups (broad SMARTS) is 1. The van der Waals surface area contributed by atoms with E-state index in [1.54, 1.807) is 25.0 Å². The molecular formula is C11H15N3O3S. The summed E-state index contributed by atoms with van der Waals surface area (Å²) in [6.45, 7) is 0. The van der Waals surface area contributed by atoms with Gasteiger partial charge in [0.25, 0.3) is 0 Å². The maximum absolute atomic E-state index is 11.9. The number of aromatic nitrogens is 2. The van der Waals surface area contributed by atoms with E-state index in [1.807, 2.05) is 0 Å². The molecule has 7 heteroatoms. The second kappa shape index (κ2) is 5.43. The number of carboxylic acids is 1. The number of carbonyl (C=O) groups is 2. The number of nitrogens with zero attached hydrogens (tertiary/aromatic N) is 2. The summed E-state index contributed by atoms with van der Waals surface area (Å²) in [5.41, 5.74) is 0.487. The Morgan fingerprint density at radius 3 is 2.94 bits per heavy atom. The Kier molecular flexibility index (Phi) is 3.90. The fourth-order valence-electron chi connectivity index (χ4n) is 1.90. The predicted octanol–water partition coefficient (Wildman–Crippen LogP) is 0.558. The van der Waals surface area contributed by atoms with Crippen LogP contribution in [0.25, 0.3) is 0 Å². The van der Waals surface area contributed by atoms with E-state index in [-0.39, 0.29) is 11.2 Å². The van der Waals surface area contributed by atoms with Gasteiger partial charge in [-0.25, -0.2) is 4.79 Å². The summed E-state index contributed by atoms with van der Waals surface area (Å²) in [6.07, 6.45) is 4.88. The lowest BCUT2D eigenvalue weighted by molar-refractivity contribution is -0.142. The van der Waals surface area contributed by atoms with Crippen LogP contribution in [0.1, 0.15) is 24.4 Å². The Labute approximate surface area is 109 Å². The number of nitrogens with one attached hydrogen (secondary N) is 1. The molecule has 0 spiro atoms. The van der Waals surface area contributed by atoms with Crippen LogP contribution in [0.2, 0.25) is 0 Å². The molecule has 1 aliphatic heterocycles. The minimum Gasteiger partial charge on any atom is -0.479 e. The molecule has 2 heterocycles. The van der Waals surface area contributed by atoms with Crippen molar-refractivity contribution in [3.63, 3.8) is 0 Å². The second-order valence-corrected chi connectivity index (χ2v) is 5.54. The lowest BCUT2D eigenvalue weighted by atomic mass is 10.1. The highest BCUT2D eigenvalue weighted by molar-refractivity contribution is 8.00. The van der Waals surface area contributed by atoms with Gasteiger partial charge in [-0.2, -0.15) is 5.10 Å². The van der Waals surface area contributed by atoms with E-state index in [0.29, 0.717) is 5.56 Å². The fraction of sp³-hybridized carbons (Fsp3) is 0.545. The number of aliphatic carboxylic acids is 1. The molecule has 0 radical (unpaired) electrons. The topological polar surface area (TPSA) is 84.2 Å². The van der Waals surface area contributed by atoms with Gasteiger partial charge in [0, 0.05) is 18.8 Å². The van der Waals surface area contributed by atoms with Gasteiger partial charge in [0.05, 0.1) is 11.4 Å². The lowest BCUT2D eigenvalue weighted by Crippen LogP contribution is -2.38. The molecule has 2 rings (SSSR count). The zero-order valence-electron chi connectivity index (χ0n) is 10.00. The fourth-order valence-corrected chi connectivity index (χ4v) is 3.07. The normalized spacial score (nSPS) is 20.6. The van der Waals surface area contributed by atoms with Crippen LogP contribution in [0.15, 0.2) is 12.4 Å². The highest BCUT2D eigenvalue weighted by Gasteiger charge is 2.29. The van der Waals surface area contributed by atoms with E-state index < -0.39 is 12.0 Å². The molecule has 1 saturated heterocycles. The molecule has 1 aromatic heterocycles. The molecule has 0 saturated carbocycles. The molecule has 1 aromatic rings. The zero-order valence-corrected chi connectivity index (χ0v) is 10.8. The summed E-state index contributed by atoms with van der Waals surface area (Å²) >= 11 is 1.58. The van der Waals surface area contributed by atoms with Crippen molar-refractivity contribution in [2.45, 2.75) is 24.1 Å². The van der Waals surface area contributed by atoms with Crippen molar-refractivity contribution in [3.05, 3.63) is 18.0 Å². The molecule has 1 fully saturated rings. The van der Waals surface area contributed by atoms with E-state index in [9.17, 15) is 9.59 Å². The number of hydrogen-bond acceptors (Lipinski definition) is 4. The van der Waals surface area contributed by atoms with Crippen LogP contribution >= 0.6 is 11.8 Å². The van der Waals surface area contributed by atoms with Gasteiger partial charge in [-0.15, -0.1) is 11.8 Å². The van der Waals surface area contributed by atoms with Gasteiger partial charge in [0.15, 0.2) is 6.04 Å². The summed E-state index contributed by atoms with van der Waals surface area (Å²) < 4.78 is 1.52. The van der Waals surface area contributed by atoms with Gasteiger partial charge >= 0.3 is 5.97 Å².